The molecular formula is C10H6F7NO3. The quantitative estimate of drug-likeness (QED) is 0.634. The molecule has 4 nitrogen and oxygen atoms in total. The highest BCUT2D eigenvalue weighted by molar-refractivity contribution is 5.74. The molecule has 11 heteroatoms. The topological polar surface area (TPSA) is 48.4 Å². The summed E-state index contributed by atoms with van der Waals surface area (Å²) < 4.78 is 95.1. The second-order valence-electron chi connectivity index (χ2n) is 3.56. The van der Waals surface area contributed by atoms with Crippen LogP contribution in [0, 0.1) is 5.82 Å². The van der Waals surface area contributed by atoms with Crippen LogP contribution in [0.15, 0.2) is 6.20 Å². The van der Waals surface area contributed by atoms with Crippen LogP contribution in [0.1, 0.15) is 11.1 Å². The lowest BCUT2D eigenvalue weighted by Gasteiger charge is -2.17. The fourth-order valence-corrected chi connectivity index (χ4v) is 1.39. The Balaban J connectivity index is 3.47. The molecule has 0 amide bonds. The van der Waals surface area contributed by atoms with E-state index < -0.39 is 47.8 Å². The van der Waals surface area contributed by atoms with Gasteiger partial charge in [-0.2, -0.15) is 13.2 Å². The van der Waals surface area contributed by atoms with Gasteiger partial charge < -0.3 is 9.47 Å². The SMILES string of the molecule is COC(=O)Cc1c(OC(F)(F)F)ncc(F)c1C(F)(F)F. The molecule has 118 valence electrons. The summed E-state index contributed by atoms with van der Waals surface area (Å²) in [6.45, 7) is 0. The summed E-state index contributed by atoms with van der Waals surface area (Å²) in [6, 6.07) is 0. The smallest absolute Gasteiger partial charge is 0.469 e. The van der Waals surface area contributed by atoms with Gasteiger partial charge in [0.25, 0.3) is 0 Å². The molecule has 0 saturated heterocycles. The van der Waals surface area contributed by atoms with Crippen molar-refractivity contribution in [2.75, 3.05) is 7.11 Å². The van der Waals surface area contributed by atoms with Crippen LogP contribution in [0.4, 0.5) is 30.7 Å². The number of methoxy groups -OCH3 is 1. The number of rotatable bonds is 3. The van der Waals surface area contributed by atoms with Crippen LogP contribution < -0.4 is 4.74 Å². The number of nitrogens with zero attached hydrogens (tertiary/aromatic N) is 1. The van der Waals surface area contributed by atoms with Crippen LogP contribution in [0.2, 0.25) is 0 Å². The molecule has 0 aromatic carbocycles. The second kappa shape index (κ2) is 5.74. The lowest BCUT2D eigenvalue weighted by Crippen LogP contribution is -2.23. The van der Waals surface area contributed by atoms with Crippen LogP contribution in [-0.4, -0.2) is 24.4 Å². The summed E-state index contributed by atoms with van der Waals surface area (Å²) in [7, 11) is 0.798. The Kier molecular flexibility index (Phi) is 4.64. The van der Waals surface area contributed by atoms with Gasteiger partial charge in [-0.25, -0.2) is 9.37 Å². The molecule has 0 saturated carbocycles. The van der Waals surface area contributed by atoms with E-state index in [1.807, 2.05) is 0 Å². The number of esters is 1. The zero-order chi connectivity index (χ0) is 16.4. The van der Waals surface area contributed by atoms with E-state index in [1.54, 1.807) is 0 Å². The van der Waals surface area contributed by atoms with Gasteiger partial charge in [0, 0.05) is 5.56 Å². The van der Waals surface area contributed by atoms with Crippen molar-refractivity contribution in [2.45, 2.75) is 19.0 Å². The Hall–Kier alpha value is -2.07. The number of carbonyl (C=O) groups excluding carboxylic acids is 1. The van der Waals surface area contributed by atoms with Crippen molar-refractivity contribution in [1.29, 1.82) is 0 Å². The van der Waals surface area contributed by atoms with Gasteiger partial charge in [0.15, 0.2) is 5.82 Å². The molecule has 0 aliphatic rings. The van der Waals surface area contributed by atoms with Crippen LogP contribution in [0.25, 0.3) is 0 Å². The third kappa shape index (κ3) is 4.46. The van der Waals surface area contributed by atoms with Crippen molar-refractivity contribution >= 4 is 5.97 Å². The highest BCUT2D eigenvalue weighted by atomic mass is 19.4. The molecule has 0 spiro atoms. The minimum Gasteiger partial charge on any atom is -0.469 e. The first-order valence-electron chi connectivity index (χ1n) is 5.03. The average Bonchev–Trinajstić information content (AvgIpc) is 2.29. The van der Waals surface area contributed by atoms with Gasteiger partial charge in [-0.3, -0.25) is 4.79 Å². The summed E-state index contributed by atoms with van der Waals surface area (Å²) in [5.74, 6) is -4.82. The van der Waals surface area contributed by atoms with Crippen molar-refractivity contribution in [1.82, 2.24) is 4.98 Å². The van der Waals surface area contributed by atoms with Crippen LogP contribution in [-0.2, 0) is 22.1 Å². The van der Waals surface area contributed by atoms with E-state index in [0.29, 0.717) is 0 Å². The Morgan fingerprint density at radius 3 is 2.24 bits per heavy atom. The molecule has 1 rings (SSSR count). The predicted molar refractivity (Wildman–Crippen MR) is 51.6 cm³/mol. The average molecular weight is 321 g/mol. The predicted octanol–water partition coefficient (Wildman–Crippen LogP) is 2.85. The molecule has 0 unspecified atom stereocenters. The van der Waals surface area contributed by atoms with E-state index in [0.717, 1.165) is 7.11 Å². The highest BCUT2D eigenvalue weighted by Gasteiger charge is 2.41. The number of ether oxygens (including phenoxy) is 2. The molecule has 0 N–H and O–H groups in total. The maximum absolute atomic E-state index is 13.2. The number of pyridine rings is 1. The number of alkyl halides is 6. The molecule has 1 aromatic heterocycles. The minimum absolute atomic E-state index is 0.0787. The summed E-state index contributed by atoms with van der Waals surface area (Å²) in [6.07, 6.45) is -12.1. The van der Waals surface area contributed by atoms with Gasteiger partial charge in [-0.05, 0) is 0 Å². The Bertz CT molecular complexity index is 539. The number of aromatic nitrogens is 1. The van der Waals surface area contributed by atoms with Gasteiger partial charge in [-0.1, -0.05) is 0 Å². The lowest BCUT2D eigenvalue weighted by atomic mass is 10.1. The molecule has 1 heterocycles. The van der Waals surface area contributed by atoms with E-state index in [2.05, 4.69) is 14.5 Å². The normalized spacial score (nSPS) is 12.2. The first-order valence-corrected chi connectivity index (χ1v) is 5.03. The molecular weight excluding hydrogens is 315 g/mol. The zero-order valence-corrected chi connectivity index (χ0v) is 10.1. The zero-order valence-electron chi connectivity index (χ0n) is 10.1. The van der Waals surface area contributed by atoms with E-state index in [4.69, 9.17) is 0 Å². The van der Waals surface area contributed by atoms with Crippen LogP contribution >= 0.6 is 0 Å². The third-order valence-corrected chi connectivity index (χ3v) is 2.14. The number of carbonyl (C=O) groups is 1. The summed E-state index contributed by atoms with van der Waals surface area (Å²) in [4.78, 5) is 13.8. The van der Waals surface area contributed by atoms with E-state index >= 15 is 0 Å². The first-order chi connectivity index (χ1) is 9.45. The van der Waals surface area contributed by atoms with Crippen molar-refractivity contribution in [3.8, 4) is 5.88 Å². The Morgan fingerprint density at radius 1 is 1.24 bits per heavy atom. The van der Waals surface area contributed by atoms with Crippen molar-refractivity contribution in [2.24, 2.45) is 0 Å². The van der Waals surface area contributed by atoms with Gasteiger partial charge in [0.2, 0.25) is 5.88 Å². The van der Waals surface area contributed by atoms with Gasteiger partial charge >= 0.3 is 18.5 Å². The first kappa shape index (κ1) is 17.0. The molecule has 0 fully saturated rings. The van der Waals surface area contributed by atoms with Crippen molar-refractivity contribution in [3.63, 3.8) is 0 Å². The van der Waals surface area contributed by atoms with Crippen molar-refractivity contribution in [3.05, 3.63) is 23.1 Å². The molecule has 1 aromatic rings. The molecule has 0 atom stereocenters. The van der Waals surface area contributed by atoms with Gasteiger partial charge in [0.05, 0.1) is 19.7 Å². The fraction of sp³-hybridized carbons (Fsp3) is 0.400. The molecule has 0 radical (unpaired) electrons. The van der Waals surface area contributed by atoms with Gasteiger partial charge in [-0.15, -0.1) is 13.2 Å². The maximum atomic E-state index is 13.2. The molecule has 0 aliphatic carbocycles. The second-order valence-corrected chi connectivity index (χ2v) is 3.56. The number of halogens is 7. The van der Waals surface area contributed by atoms with Crippen LogP contribution in [0.3, 0.4) is 0 Å². The van der Waals surface area contributed by atoms with Gasteiger partial charge in [0.1, 0.15) is 5.56 Å². The summed E-state index contributed by atoms with van der Waals surface area (Å²) in [5.41, 5.74) is -3.46. The lowest BCUT2D eigenvalue weighted by molar-refractivity contribution is -0.276. The Morgan fingerprint density at radius 2 is 1.81 bits per heavy atom. The number of hydrogen-bond acceptors (Lipinski definition) is 4. The van der Waals surface area contributed by atoms with Crippen LogP contribution in [0.5, 0.6) is 5.88 Å². The Labute approximate surface area is 112 Å². The minimum atomic E-state index is -5.36. The molecule has 21 heavy (non-hydrogen) atoms. The highest BCUT2D eigenvalue weighted by Crippen LogP contribution is 2.38. The summed E-state index contributed by atoms with van der Waals surface area (Å²) >= 11 is 0. The standard InChI is InChI=1S/C10H6F7NO3/c1-20-6(19)2-4-7(9(12,13)14)5(11)3-18-8(4)21-10(15,16)17/h3H,2H2,1H3. The fourth-order valence-electron chi connectivity index (χ4n) is 1.39. The molecule has 0 bridgehead atoms. The van der Waals surface area contributed by atoms with E-state index in [-0.39, 0.29) is 6.20 Å². The summed E-state index contributed by atoms with van der Waals surface area (Å²) in [5, 5.41) is 0. The maximum Gasteiger partial charge on any atom is 0.574 e. The van der Waals surface area contributed by atoms with Crippen molar-refractivity contribution < 1.29 is 45.0 Å². The number of hydrogen-bond donors (Lipinski definition) is 0. The third-order valence-electron chi connectivity index (χ3n) is 2.14. The molecule has 0 aliphatic heterocycles. The largest absolute Gasteiger partial charge is 0.574 e. The van der Waals surface area contributed by atoms with E-state index in [1.165, 1.54) is 0 Å². The monoisotopic (exact) mass is 321 g/mol. The van der Waals surface area contributed by atoms with E-state index in [9.17, 15) is 35.5 Å².